The average molecular weight is 395 g/mol. The van der Waals surface area contributed by atoms with Gasteiger partial charge in [-0.1, -0.05) is 6.07 Å². The fourth-order valence-corrected chi connectivity index (χ4v) is 3.72. The summed E-state index contributed by atoms with van der Waals surface area (Å²) >= 11 is 0. The van der Waals surface area contributed by atoms with Gasteiger partial charge in [0.05, 0.1) is 16.1 Å². The van der Waals surface area contributed by atoms with Crippen LogP contribution in [0.4, 0.5) is 15.8 Å². The van der Waals surface area contributed by atoms with Crippen molar-refractivity contribution in [3.63, 3.8) is 0 Å². The van der Waals surface area contributed by atoms with E-state index in [1.54, 1.807) is 23.1 Å². The first-order valence-corrected chi connectivity index (χ1v) is 9.31. The second kappa shape index (κ2) is 7.46. The fourth-order valence-electron chi connectivity index (χ4n) is 3.72. The van der Waals surface area contributed by atoms with E-state index in [-0.39, 0.29) is 30.0 Å². The maximum atomic E-state index is 13.3. The molecular weight excluding hydrogens is 377 g/mol. The number of aromatic amines is 1. The number of aryl methyl sites for hydroxylation is 2. The minimum absolute atomic E-state index is 0.0540. The maximum absolute atomic E-state index is 13.3. The molecular formula is C21H18FN3O4. The summed E-state index contributed by atoms with van der Waals surface area (Å²) in [4.78, 5) is 39.9. The van der Waals surface area contributed by atoms with Gasteiger partial charge in [0.2, 0.25) is 5.91 Å². The highest BCUT2D eigenvalue weighted by Crippen LogP contribution is 2.31. The second-order valence-electron chi connectivity index (χ2n) is 7.07. The van der Waals surface area contributed by atoms with Crippen LogP contribution in [0.2, 0.25) is 0 Å². The number of benzene rings is 2. The van der Waals surface area contributed by atoms with Gasteiger partial charge in [-0.2, -0.15) is 0 Å². The zero-order valence-electron chi connectivity index (χ0n) is 15.5. The molecule has 2 aromatic carbocycles. The molecule has 2 heterocycles. The molecule has 0 saturated heterocycles. The number of hydrogen-bond acceptors (Lipinski definition) is 4. The molecule has 0 spiro atoms. The summed E-state index contributed by atoms with van der Waals surface area (Å²) in [5, 5.41) is 11.8. The first-order valence-electron chi connectivity index (χ1n) is 9.31. The summed E-state index contributed by atoms with van der Waals surface area (Å²) in [5.74, 6) is -0.626. The molecule has 0 aliphatic carbocycles. The van der Waals surface area contributed by atoms with Gasteiger partial charge in [-0.25, -0.2) is 4.39 Å². The van der Waals surface area contributed by atoms with Gasteiger partial charge in [0.1, 0.15) is 5.82 Å². The predicted octanol–water partition coefficient (Wildman–Crippen LogP) is 3.49. The molecule has 8 heteroatoms. The van der Waals surface area contributed by atoms with E-state index in [1.807, 2.05) is 0 Å². The Morgan fingerprint density at radius 3 is 2.83 bits per heavy atom. The Morgan fingerprint density at radius 2 is 2.03 bits per heavy atom. The van der Waals surface area contributed by atoms with E-state index in [0.717, 1.165) is 18.4 Å². The molecule has 0 atom stereocenters. The first-order chi connectivity index (χ1) is 13.9. The summed E-state index contributed by atoms with van der Waals surface area (Å²) < 4.78 is 13.3. The van der Waals surface area contributed by atoms with Crippen molar-refractivity contribution in [2.75, 3.05) is 11.4 Å². The lowest BCUT2D eigenvalue weighted by Gasteiger charge is -2.29. The SMILES string of the molecule is O=C(CCc1cc2ccc(F)cc2[nH]c1=O)N1CCCc2ccc([N+](=O)[O-])cc21. The summed E-state index contributed by atoms with van der Waals surface area (Å²) in [6.07, 6.45) is 1.86. The molecule has 0 fully saturated rings. The average Bonchev–Trinajstić information content (AvgIpc) is 2.71. The number of nitrogens with zero attached hydrogens (tertiary/aromatic N) is 2. The molecule has 3 aromatic rings. The highest BCUT2D eigenvalue weighted by atomic mass is 19.1. The van der Waals surface area contributed by atoms with Gasteiger partial charge < -0.3 is 9.88 Å². The monoisotopic (exact) mass is 395 g/mol. The number of carbonyl (C=O) groups excluding carboxylic acids is 1. The number of anilines is 1. The molecule has 1 N–H and O–H groups in total. The van der Waals surface area contributed by atoms with Crippen molar-refractivity contribution in [2.45, 2.75) is 25.7 Å². The minimum atomic E-state index is -0.477. The Morgan fingerprint density at radius 1 is 1.21 bits per heavy atom. The van der Waals surface area contributed by atoms with Crippen molar-refractivity contribution in [1.82, 2.24) is 4.98 Å². The third kappa shape index (κ3) is 3.73. The van der Waals surface area contributed by atoms with Crippen molar-refractivity contribution in [1.29, 1.82) is 0 Å². The number of nitro benzene ring substituents is 1. The number of H-pyrrole nitrogens is 1. The van der Waals surface area contributed by atoms with Gasteiger partial charge in [-0.15, -0.1) is 0 Å². The Labute approximate surface area is 164 Å². The van der Waals surface area contributed by atoms with Crippen LogP contribution in [-0.2, 0) is 17.6 Å². The minimum Gasteiger partial charge on any atom is -0.322 e. The van der Waals surface area contributed by atoms with Crippen LogP contribution < -0.4 is 10.5 Å². The topological polar surface area (TPSA) is 96.3 Å². The molecule has 0 saturated carbocycles. The number of pyridine rings is 1. The largest absolute Gasteiger partial charge is 0.322 e. The molecule has 1 amide bonds. The molecule has 29 heavy (non-hydrogen) atoms. The van der Waals surface area contributed by atoms with Crippen LogP contribution in [-0.4, -0.2) is 22.4 Å². The second-order valence-corrected chi connectivity index (χ2v) is 7.07. The summed E-state index contributed by atoms with van der Waals surface area (Å²) in [6, 6.07) is 10.4. The van der Waals surface area contributed by atoms with Crippen LogP contribution in [0.3, 0.4) is 0 Å². The number of carbonyl (C=O) groups is 1. The molecule has 4 rings (SSSR count). The zero-order valence-corrected chi connectivity index (χ0v) is 15.5. The molecule has 148 valence electrons. The Kier molecular flexibility index (Phi) is 4.84. The van der Waals surface area contributed by atoms with Crippen molar-refractivity contribution in [3.05, 3.63) is 79.9 Å². The van der Waals surface area contributed by atoms with Gasteiger partial charge >= 0.3 is 0 Å². The number of hydrogen-bond donors (Lipinski definition) is 1. The normalized spacial score (nSPS) is 13.3. The molecule has 7 nitrogen and oxygen atoms in total. The lowest BCUT2D eigenvalue weighted by atomic mass is 10.00. The number of rotatable bonds is 4. The molecule has 0 bridgehead atoms. The van der Waals surface area contributed by atoms with E-state index in [9.17, 15) is 24.1 Å². The molecule has 1 aliphatic heterocycles. The summed E-state index contributed by atoms with van der Waals surface area (Å²) in [5.41, 5.74) is 1.91. The van der Waals surface area contributed by atoms with Crippen molar-refractivity contribution < 1.29 is 14.1 Å². The highest BCUT2D eigenvalue weighted by Gasteiger charge is 2.24. The van der Waals surface area contributed by atoms with E-state index >= 15 is 0 Å². The number of non-ortho nitro benzene ring substituents is 1. The van der Waals surface area contributed by atoms with Gasteiger partial charge in [-0.3, -0.25) is 19.7 Å². The Balaban J connectivity index is 1.55. The fraction of sp³-hybridized carbons (Fsp3) is 0.238. The van der Waals surface area contributed by atoms with Crippen molar-refractivity contribution in [2.24, 2.45) is 0 Å². The van der Waals surface area contributed by atoms with Crippen molar-refractivity contribution in [3.8, 4) is 0 Å². The number of fused-ring (bicyclic) bond motifs is 2. The van der Waals surface area contributed by atoms with Gasteiger partial charge in [0.15, 0.2) is 0 Å². The van der Waals surface area contributed by atoms with E-state index in [0.29, 0.717) is 28.7 Å². The van der Waals surface area contributed by atoms with Crippen LogP contribution >= 0.6 is 0 Å². The predicted molar refractivity (Wildman–Crippen MR) is 107 cm³/mol. The molecule has 0 unspecified atom stereocenters. The first kappa shape index (κ1) is 18.8. The van der Waals surface area contributed by atoms with Crippen LogP contribution in [0.5, 0.6) is 0 Å². The number of aromatic nitrogens is 1. The molecule has 1 aromatic heterocycles. The molecule has 0 radical (unpaired) electrons. The van der Waals surface area contributed by atoms with E-state index in [2.05, 4.69) is 4.98 Å². The van der Waals surface area contributed by atoms with Gasteiger partial charge in [-0.05, 0) is 54.5 Å². The lowest BCUT2D eigenvalue weighted by molar-refractivity contribution is -0.384. The maximum Gasteiger partial charge on any atom is 0.271 e. The third-order valence-corrected chi connectivity index (χ3v) is 5.19. The smallest absolute Gasteiger partial charge is 0.271 e. The number of amides is 1. The van der Waals surface area contributed by atoms with Gasteiger partial charge in [0.25, 0.3) is 11.2 Å². The number of halogens is 1. The lowest BCUT2D eigenvalue weighted by Crippen LogP contribution is -2.35. The van der Waals surface area contributed by atoms with Crippen LogP contribution in [0.1, 0.15) is 24.0 Å². The zero-order chi connectivity index (χ0) is 20.5. The number of nitro groups is 1. The molecule has 1 aliphatic rings. The summed E-state index contributed by atoms with van der Waals surface area (Å²) in [7, 11) is 0. The summed E-state index contributed by atoms with van der Waals surface area (Å²) in [6.45, 7) is 0.486. The van der Waals surface area contributed by atoms with E-state index in [1.165, 1.54) is 24.3 Å². The van der Waals surface area contributed by atoms with E-state index in [4.69, 9.17) is 0 Å². The standard InChI is InChI=1S/C21H18FN3O4/c22-16-6-3-14-10-15(21(27)23-18(14)11-16)5-8-20(26)24-9-1-2-13-4-7-17(25(28)29)12-19(13)24/h3-4,6-7,10-12H,1-2,5,8-9H2,(H,23,27). The van der Waals surface area contributed by atoms with Gasteiger partial charge in [0, 0.05) is 30.7 Å². The quantitative estimate of drug-likeness (QED) is 0.540. The Bertz CT molecular complexity index is 1190. The van der Waals surface area contributed by atoms with E-state index < -0.39 is 10.7 Å². The Hall–Kier alpha value is -3.55. The number of nitrogens with one attached hydrogen (secondary N) is 1. The van der Waals surface area contributed by atoms with Crippen LogP contribution in [0.15, 0.2) is 47.3 Å². The van der Waals surface area contributed by atoms with Crippen LogP contribution in [0.25, 0.3) is 10.9 Å². The van der Waals surface area contributed by atoms with Crippen molar-refractivity contribution >= 4 is 28.2 Å². The highest BCUT2D eigenvalue weighted by molar-refractivity contribution is 5.95. The third-order valence-electron chi connectivity index (χ3n) is 5.19. The van der Waals surface area contributed by atoms with Crippen LogP contribution in [0, 0.1) is 15.9 Å².